The van der Waals surface area contributed by atoms with E-state index in [1.165, 1.54) is 18.4 Å². The summed E-state index contributed by atoms with van der Waals surface area (Å²) in [6, 6.07) is 19.0. The first-order valence-corrected chi connectivity index (χ1v) is 12.7. The van der Waals surface area contributed by atoms with E-state index >= 15 is 0 Å². The van der Waals surface area contributed by atoms with Crippen molar-refractivity contribution in [3.8, 4) is 6.07 Å². The average molecular weight is 553 g/mol. The van der Waals surface area contributed by atoms with Crippen molar-refractivity contribution >= 4 is 29.3 Å². The van der Waals surface area contributed by atoms with Crippen molar-refractivity contribution in [3.05, 3.63) is 112 Å². The number of halogens is 3. The third-order valence-corrected chi connectivity index (χ3v) is 6.86. The lowest BCUT2D eigenvalue weighted by Gasteiger charge is -2.28. The summed E-state index contributed by atoms with van der Waals surface area (Å²) < 4.78 is 45.0. The van der Waals surface area contributed by atoms with Crippen LogP contribution in [0.15, 0.2) is 99.3 Å². The van der Waals surface area contributed by atoms with Crippen molar-refractivity contribution in [2.75, 3.05) is 11.1 Å². The molecule has 1 atom stereocenters. The highest BCUT2D eigenvalue weighted by Gasteiger charge is 2.37. The van der Waals surface area contributed by atoms with E-state index in [0.29, 0.717) is 23.0 Å². The van der Waals surface area contributed by atoms with E-state index < -0.39 is 23.6 Å². The maximum Gasteiger partial charge on any atom is 0.416 e. The Kier molecular flexibility index (Phi) is 8.46. The van der Waals surface area contributed by atoms with Crippen molar-refractivity contribution in [1.82, 2.24) is 10.6 Å². The summed E-state index contributed by atoms with van der Waals surface area (Å²) in [4.78, 5) is 25.8. The number of carbonyl (C=O) groups is 2. The molecule has 2 amide bonds. The van der Waals surface area contributed by atoms with E-state index in [1.54, 1.807) is 19.1 Å². The number of allylic oxidation sites excluding steroid dienone is 2. The van der Waals surface area contributed by atoms with Gasteiger partial charge in [-0.1, -0.05) is 48.2 Å². The summed E-state index contributed by atoms with van der Waals surface area (Å²) in [6.45, 7) is 1.97. The number of nitrogens with zero attached hydrogens (tertiary/aromatic N) is 1. The Balaban J connectivity index is 1.55. The van der Waals surface area contributed by atoms with Gasteiger partial charge < -0.3 is 20.4 Å². The Morgan fingerprint density at radius 1 is 1.10 bits per heavy atom. The Hall–Kier alpha value is -4.43. The van der Waals surface area contributed by atoms with Gasteiger partial charge in [0, 0.05) is 17.9 Å². The van der Waals surface area contributed by atoms with Gasteiger partial charge in [0.15, 0.2) is 0 Å². The number of alkyl halides is 3. The van der Waals surface area contributed by atoms with Gasteiger partial charge in [0.05, 0.1) is 45.7 Å². The number of anilines is 1. The van der Waals surface area contributed by atoms with Crippen molar-refractivity contribution in [3.63, 3.8) is 0 Å². The molecule has 1 aliphatic heterocycles. The lowest BCUT2D eigenvalue weighted by atomic mass is 9.85. The predicted molar refractivity (Wildman–Crippen MR) is 141 cm³/mol. The molecule has 7 nitrogen and oxygen atoms in total. The fourth-order valence-corrected chi connectivity index (χ4v) is 4.95. The lowest BCUT2D eigenvalue weighted by Crippen LogP contribution is -2.31. The summed E-state index contributed by atoms with van der Waals surface area (Å²) in [6.07, 6.45) is -3.18. The molecule has 3 N–H and O–H groups in total. The number of hydrogen-bond acceptors (Lipinski definition) is 6. The Morgan fingerprint density at radius 3 is 2.54 bits per heavy atom. The van der Waals surface area contributed by atoms with Crippen LogP contribution in [0.3, 0.4) is 0 Å². The first-order chi connectivity index (χ1) is 18.7. The fourth-order valence-electron chi connectivity index (χ4n) is 4.02. The van der Waals surface area contributed by atoms with Crippen LogP contribution in [0.5, 0.6) is 0 Å². The van der Waals surface area contributed by atoms with Crippen molar-refractivity contribution in [2.45, 2.75) is 25.6 Å². The number of amides is 2. The SMILES string of the molecule is CC1=C(C(=O)Nc2cccc(C(F)(F)F)c2)C(c2ccco2)C(C#N)=C(SCC(=O)NCc2ccccc2)N1. The molecule has 0 saturated carbocycles. The topological polar surface area (TPSA) is 107 Å². The molecule has 2 aromatic carbocycles. The average Bonchev–Trinajstić information content (AvgIpc) is 3.45. The molecular weight excluding hydrogens is 529 g/mol. The van der Waals surface area contributed by atoms with Crippen LogP contribution in [-0.4, -0.2) is 17.6 Å². The van der Waals surface area contributed by atoms with E-state index in [9.17, 15) is 28.0 Å². The minimum atomic E-state index is -4.57. The smallest absolute Gasteiger partial charge is 0.416 e. The summed E-state index contributed by atoms with van der Waals surface area (Å²) in [5, 5.41) is 18.8. The molecule has 0 saturated heterocycles. The van der Waals surface area contributed by atoms with Gasteiger partial charge in [-0.15, -0.1) is 0 Å². The van der Waals surface area contributed by atoms with E-state index in [0.717, 1.165) is 29.5 Å². The molecule has 2 heterocycles. The number of rotatable bonds is 8. The first kappa shape index (κ1) is 27.6. The zero-order chi connectivity index (χ0) is 28.0. The van der Waals surface area contributed by atoms with Crippen LogP contribution in [0.4, 0.5) is 18.9 Å². The third-order valence-electron chi connectivity index (χ3n) is 5.85. The minimum Gasteiger partial charge on any atom is -0.468 e. The highest BCUT2D eigenvalue weighted by atomic mass is 32.2. The fraction of sp³-hybridized carbons (Fsp3) is 0.179. The van der Waals surface area contributed by atoms with Crippen molar-refractivity contribution in [1.29, 1.82) is 5.26 Å². The Morgan fingerprint density at radius 2 is 1.87 bits per heavy atom. The van der Waals surface area contributed by atoms with Crippen LogP contribution >= 0.6 is 11.8 Å². The number of thioether (sulfide) groups is 1. The van der Waals surface area contributed by atoms with E-state index in [1.807, 2.05) is 30.3 Å². The molecule has 0 fully saturated rings. The highest BCUT2D eigenvalue weighted by Crippen LogP contribution is 2.41. The Labute approximate surface area is 226 Å². The second-order valence-corrected chi connectivity index (χ2v) is 9.54. The van der Waals surface area contributed by atoms with Gasteiger partial charge in [-0.25, -0.2) is 0 Å². The molecule has 11 heteroatoms. The van der Waals surface area contributed by atoms with E-state index in [2.05, 4.69) is 22.0 Å². The Bertz CT molecular complexity index is 1460. The summed E-state index contributed by atoms with van der Waals surface area (Å²) in [5.74, 6) is -1.58. The number of hydrogen-bond donors (Lipinski definition) is 3. The number of nitriles is 1. The number of furan rings is 1. The highest BCUT2D eigenvalue weighted by molar-refractivity contribution is 8.03. The monoisotopic (exact) mass is 552 g/mol. The van der Waals surface area contributed by atoms with Gasteiger partial charge in [0.2, 0.25) is 5.91 Å². The molecule has 39 heavy (non-hydrogen) atoms. The van der Waals surface area contributed by atoms with Gasteiger partial charge in [-0.05, 0) is 42.8 Å². The molecule has 200 valence electrons. The second-order valence-electron chi connectivity index (χ2n) is 8.55. The van der Waals surface area contributed by atoms with Gasteiger partial charge in [-0.2, -0.15) is 18.4 Å². The number of nitrogens with one attached hydrogen (secondary N) is 3. The van der Waals surface area contributed by atoms with Crippen LogP contribution in [0.2, 0.25) is 0 Å². The van der Waals surface area contributed by atoms with Gasteiger partial charge in [0.25, 0.3) is 5.91 Å². The van der Waals surface area contributed by atoms with Crippen molar-refractivity contribution in [2.24, 2.45) is 0 Å². The number of benzene rings is 2. The van der Waals surface area contributed by atoms with Gasteiger partial charge in [-0.3, -0.25) is 9.59 Å². The third kappa shape index (κ3) is 6.72. The molecule has 0 spiro atoms. The number of carbonyl (C=O) groups excluding carboxylic acids is 2. The zero-order valence-electron chi connectivity index (χ0n) is 20.6. The first-order valence-electron chi connectivity index (χ1n) is 11.7. The van der Waals surface area contributed by atoms with Crippen LogP contribution in [0, 0.1) is 11.3 Å². The molecule has 0 aliphatic carbocycles. The van der Waals surface area contributed by atoms with Crippen LogP contribution < -0.4 is 16.0 Å². The van der Waals surface area contributed by atoms with Crippen LogP contribution in [0.25, 0.3) is 0 Å². The van der Waals surface area contributed by atoms with Crippen molar-refractivity contribution < 1.29 is 27.2 Å². The molecule has 0 bridgehead atoms. The summed E-state index contributed by atoms with van der Waals surface area (Å²) >= 11 is 1.10. The lowest BCUT2D eigenvalue weighted by molar-refractivity contribution is -0.137. The van der Waals surface area contributed by atoms with Crippen LogP contribution in [0.1, 0.15) is 29.7 Å². The molecule has 1 unspecified atom stereocenters. The maximum atomic E-state index is 13.4. The quantitative estimate of drug-likeness (QED) is 0.332. The molecule has 3 aromatic rings. The summed E-state index contributed by atoms with van der Waals surface area (Å²) in [5.41, 5.74) is 0.606. The molecule has 4 rings (SSSR count). The largest absolute Gasteiger partial charge is 0.468 e. The second kappa shape index (κ2) is 12.0. The standard InChI is InChI=1S/C28H23F3N4O3S/c1-17-24(26(37)35-20-10-5-9-19(13-20)28(29,30)31)25(22-11-6-12-38-22)21(14-32)27(34-17)39-16-23(36)33-15-18-7-3-2-4-8-18/h2-13,25,34H,15-16H2,1H3,(H,33,36)(H,35,37). The normalized spacial score (nSPS) is 15.4. The molecule has 1 aliphatic rings. The predicted octanol–water partition coefficient (Wildman–Crippen LogP) is 5.68. The molecule has 1 aromatic heterocycles. The minimum absolute atomic E-state index is 0.00423. The van der Waals surface area contributed by atoms with E-state index in [-0.39, 0.29) is 28.5 Å². The summed E-state index contributed by atoms with van der Waals surface area (Å²) in [7, 11) is 0. The molecule has 0 radical (unpaired) electrons. The zero-order valence-corrected chi connectivity index (χ0v) is 21.5. The van der Waals surface area contributed by atoms with Crippen LogP contribution in [-0.2, 0) is 22.3 Å². The van der Waals surface area contributed by atoms with E-state index in [4.69, 9.17) is 4.42 Å². The van der Waals surface area contributed by atoms with Gasteiger partial charge >= 0.3 is 6.18 Å². The van der Waals surface area contributed by atoms with Gasteiger partial charge in [0.1, 0.15) is 5.76 Å². The molecular formula is C28H23F3N4O3S. The number of dihydropyridines is 1. The maximum absolute atomic E-state index is 13.4.